The minimum atomic E-state index is -3.54. The zero-order valence-corrected chi connectivity index (χ0v) is 24.4. The van der Waals surface area contributed by atoms with Gasteiger partial charge in [-0.05, 0) is 74.4 Å². The number of hydrogen-bond donors (Lipinski definition) is 1. The molecule has 3 rings (SSSR count). The number of carbonyl (C=O) groups is 2. The van der Waals surface area contributed by atoms with Crippen LogP contribution in [0.5, 0.6) is 0 Å². The first-order valence-electron chi connectivity index (χ1n) is 13.4. The summed E-state index contributed by atoms with van der Waals surface area (Å²) >= 11 is 6.05. The predicted octanol–water partition coefficient (Wildman–Crippen LogP) is 5.37. The SMILES string of the molecule is CCC(C(=O)NC1CCCC1)N(Cc1ccc(Cl)cc1)C(=O)CCCN(c1cccc(C)c1C)S(C)(=O)=O. The molecule has 1 fully saturated rings. The average molecular weight is 562 g/mol. The summed E-state index contributed by atoms with van der Waals surface area (Å²) in [4.78, 5) is 28.5. The molecule has 2 aromatic carbocycles. The van der Waals surface area contributed by atoms with Crippen molar-refractivity contribution in [2.75, 3.05) is 17.1 Å². The third-order valence-electron chi connectivity index (χ3n) is 7.35. The summed E-state index contributed by atoms with van der Waals surface area (Å²) in [5.74, 6) is -0.308. The minimum Gasteiger partial charge on any atom is -0.352 e. The molecule has 7 nitrogen and oxygen atoms in total. The van der Waals surface area contributed by atoms with Crippen molar-refractivity contribution >= 4 is 39.1 Å². The first-order chi connectivity index (χ1) is 18.0. The lowest BCUT2D eigenvalue weighted by atomic mass is 10.1. The molecule has 2 aromatic rings. The van der Waals surface area contributed by atoms with Gasteiger partial charge in [0.2, 0.25) is 21.8 Å². The second kappa shape index (κ2) is 13.5. The molecule has 9 heteroatoms. The lowest BCUT2D eigenvalue weighted by molar-refractivity contribution is -0.141. The average Bonchev–Trinajstić information content (AvgIpc) is 3.37. The fourth-order valence-corrected chi connectivity index (χ4v) is 6.20. The lowest BCUT2D eigenvalue weighted by Gasteiger charge is -2.32. The maximum atomic E-state index is 13.6. The molecule has 1 saturated carbocycles. The molecule has 0 spiro atoms. The van der Waals surface area contributed by atoms with Crippen LogP contribution in [0, 0.1) is 13.8 Å². The van der Waals surface area contributed by atoms with E-state index in [4.69, 9.17) is 11.6 Å². The van der Waals surface area contributed by atoms with E-state index in [1.807, 2.05) is 45.0 Å². The van der Waals surface area contributed by atoms with Gasteiger partial charge in [-0.1, -0.05) is 55.6 Å². The number of sulfonamides is 1. The molecule has 38 heavy (non-hydrogen) atoms. The van der Waals surface area contributed by atoms with Crippen LogP contribution in [-0.2, 0) is 26.2 Å². The molecule has 1 aliphatic carbocycles. The summed E-state index contributed by atoms with van der Waals surface area (Å²) in [6.07, 6.45) is 6.26. The summed E-state index contributed by atoms with van der Waals surface area (Å²) in [5.41, 5.74) is 3.40. The van der Waals surface area contributed by atoms with E-state index in [9.17, 15) is 18.0 Å². The summed E-state index contributed by atoms with van der Waals surface area (Å²) < 4.78 is 26.7. The van der Waals surface area contributed by atoms with E-state index in [-0.39, 0.29) is 37.4 Å². The van der Waals surface area contributed by atoms with Gasteiger partial charge in [-0.2, -0.15) is 0 Å². The molecule has 0 heterocycles. The molecular formula is C29H40ClN3O4S. The van der Waals surface area contributed by atoms with Crippen molar-refractivity contribution < 1.29 is 18.0 Å². The maximum absolute atomic E-state index is 13.6. The molecule has 0 aliphatic heterocycles. The number of carbonyl (C=O) groups excluding carboxylic acids is 2. The van der Waals surface area contributed by atoms with E-state index in [0.29, 0.717) is 23.6 Å². The van der Waals surface area contributed by atoms with Gasteiger partial charge in [-0.3, -0.25) is 13.9 Å². The summed E-state index contributed by atoms with van der Waals surface area (Å²) in [6.45, 7) is 6.21. The summed E-state index contributed by atoms with van der Waals surface area (Å²) in [7, 11) is -3.54. The molecule has 1 atom stereocenters. The Hall–Kier alpha value is -2.58. The van der Waals surface area contributed by atoms with Gasteiger partial charge in [0.05, 0.1) is 11.9 Å². The van der Waals surface area contributed by atoms with E-state index in [2.05, 4.69) is 5.32 Å². The van der Waals surface area contributed by atoms with E-state index in [1.54, 1.807) is 23.1 Å². The molecule has 208 valence electrons. The van der Waals surface area contributed by atoms with Crippen molar-refractivity contribution in [2.24, 2.45) is 0 Å². The highest BCUT2D eigenvalue weighted by atomic mass is 35.5. The second-order valence-electron chi connectivity index (χ2n) is 10.2. The number of rotatable bonds is 12. The van der Waals surface area contributed by atoms with Crippen molar-refractivity contribution in [1.82, 2.24) is 10.2 Å². The predicted molar refractivity (Wildman–Crippen MR) is 154 cm³/mol. The third kappa shape index (κ3) is 7.96. The van der Waals surface area contributed by atoms with Gasteiger partial charge in [0.1, 0.15) is 6.04 Å². The Morgan fingerprint density at radius 1 is 1.08 bits per heavy atom. The molecule has 1 N–H and O–H groups in total. The number of benzene rings is 2. The van der Waals surface area contributed by atoms with Gasteiger partial charge in [-0.15, -0.1) is 0 Å². The molecule has 0 bridgehead atoms. The minimum absolute atomic E-state index is 0.123. The number of halogens is 1. The van der Waals surface area contributed by atoms with Crippen LogP contribution in [0.2, 0.25) is 5.02 Å². The van der Waals surface area contributed by atoms with Gasteiger partial charge < -0.3 is 10.2 Å². The highest BCUT2D eigenvalue weighted by molar-refractivity contribution is 7.92. The number of nitrogens with one attached hydrogen (secondary N) is 1. The topological polar surface area (TPSA) is 86.8 Å². The van der Waals surface area contributed by atoms with Gasteiger partial charge in [0.25, 0.3) is 0 Å². The molecule has 0 radical (unpaired) electrons. The van der Waals surface area contributed by atoms with E-state index >= 15 is 0 Å². The van der Waals surface area contributed by atoms with E-state index in [0.717, 1.165) is 42.4 Å². The molecule has 1 aliphatic rings. The van der Waals surface area contributed by atoms with Crippen LogP contribution in [0.1, 0.15) is 68.6 Å². The molecule has 0 aromatic heterocycles. The lowest BCUT2D eigenvalue weighted by Crippen LogP contribution is -2.51. The van der Waals surface area contributed by atoms with Crippen molar-refractivity contribution in [3.8, 4) is 0 Å². The number of hydrogen-bond acceptors (Lipinski definition) is 4. The summed E-state index contributed by atoms with van der Waals surface area (Å²) in [6, 6.07) is 12.4. The Kier molecular flexibility index (Phi) is 10.6. The molecule has 2 amide bonds. The van der Waals surface area contributed by atoms with Gasteiger partial charge in [0, 0.05) is 30.6 Å². The van der Waals surface area contributed by atoms with Crippen LogP contribution < -0.4 is 9.62 Å². The third-order valence-corrected chi connectivity index (χ3v) is 8.78. The standard InChI is InChI=1S/C29H40ClN3O4S/c1-5-26(29(35)31-25-11-6-7-12-25)32(20-23-15-17-24(30)18-16-23)28(34)14-9-19-33(38(4,36)37)27-13-8-10-21(2)22(27)3/h8,10,13,15-18,25-26H,5-7,9,11-12,14,19-20H2,1-4H3,(H,31,35). The van der Waals surface area contributed by atoms with Crippen LogP contribution >= 0.6 is 11.6 Å². The van der Waals surface area contributed by atoms with Gasteiger partial charge in [-0.25, -0.2) is 8.42 Å². The Morgan fingerprint density at radius 3 is 2.34 bits per heavy atom. The number of anilines is 1. The largest absolute Gasteiger partial charge is 0.352 e. The molecular weight excluding hydrogens is 522 g/mol. The van der Waals surface area contributed by atoms with Crippen molar-refractivity contribution in [1.29, 1.82) is 0 Å². The van der Waals surface area contributed by atoms with Gasteiger partial charge in [0.15, 0.2) is 0 Å². The van der Waals surface area contributed by atoms with Gasteiger partial charge >= 0.3 is 0 Å². The van der Waals surface area contributed by atoms with Crippen LogP contribution in [-0.4, -0.2) is 50.0 Å². The first kappa shape index (κ1) is 30.0. The first-order valence-corrected chi connectivity index (χ1v) is 15.6. The highest BCUT2D eigenvalue weighted by Crippen LogP contribution is 2.26. The second-order valence-corrected chi connectivity index (χ2v) is 12.6. The van der Waals surface area contributed by atoms with Crippen molar-refractivity contribution in [3.05, 3.63) is 64.2 Å². The fraction of sp³-hybridized carbons (Fsp3) is 0.517. The van der Waals surface area contributed by atoms with Crippen LogP contribution in [0.3, 0.4) is 0 Å². The zero-order chi connectivity index (χ0) is 27.9. The van der Waals surface area contributed by atoms with Crippen LogP contribution in [0.15, 0.2) is 42.5 Å². The monoisotopic (exact) mass is 561 g/mol. The Labute approximate surface area is 232 Å². The van der Waals surface area contributed by atoms with Crippen LogP contribution in [0.4, 0.5) is 5.69 Å². The zero-order valence-electron chi connectivity index (χ0n) is 22.9. The fourth-order valence-electron chi connectivity index (χ4n) is 5.06. The van der Waals surface area contributed by atoms with E-state index in [1.165, 1.54) is 10.6 Å². The summed E-state index contributed by atoms with van der Waals surface area (Å²) in [5, 5.41) is 3.75. The van der Waals surface area contributed by atoms with E-state index < -0.39 is 16.1 Å². The Bertz CT molecular complexity index is 1210. The molecule has 0 saturated heterocycles. The number of amides is 2. The molecule has 1 unspecified atom stereocenters. The van der Waals surface area contributed by atoms with Crippen LogP contribution in [0.25, 0.3) is 0 Å². The quantitative estimate of drug-likeness (QED) is 0.377. The smallest absolute Gasteiger partial charge is 0.243 e. The number of aryl methyl sites for hydroxylation is 1. The number of nitrogens with zero attached hydrogens (tertiary/aromatic N) is 2. The Balaban J connectivity index is 1.77. The van der Waals surface area contributed by atoms with Crippen molar-refractivity contribution in [3.63, 3.8) is 0 Å². The maximum Gasteiger partial charge on any atom is 0.243 e. The normalized spacial score (nSPS) is 14.8. The van der Waals surface area contributed by atoms with Crippen molar-refractivity contribution in [2.45, 2.75) is 84.3 Å². The highest BCUT2D eigenvalue weighted by Gasteiger charge is 2.31. The Morgan fingerprint density at radius 2 is 1.74 bits per heavy atom.